The SMILES string of the molecule is O=C(Nc1cnn(Cc2ccc(F)cc2)c1)c1ccn(COc2cccc(C(F)(F)F)c2)n1. The Bertz CT molecular complexity index is 1250. The van der Waals surface area contributed by atoms with E-state index in [9.17, 15) is 22.4 Å². The quantitative estimate of drug-likeness (QED) is 0.411. The predicted octanol–water partition coefficient (Wildman–Crippen LogP) is 4.57. The standard InChI is InChI=1S/C22H17F4N5O2/c23-17-6-4-15(5-7-17)12-31-13-18(11-27-31)28-21(32)20-8-9-30(29-20)14-33-19-3-1-2-16(10-19)22(24,25)26/h1-11,13H,12,14H2,(H,28,32). The zero-order valence-corrected chi connectivity index (χ0v) is 17.0. The molecule has 7 nitrogen and oxygen atoms in total. The zero-order valence-electron chi connectivity index (χ0n) is 17.0. The maximum atomic E-state index is 13.0. The molecule has 0 saturated heterocycles. The molecule has 0 aliphatic heterocycles. The van der Waals surface area contributed by atoms with Crippen LogP contribution in [-0.2, 0) is 19.5 Å². The number of rotatable bonds is 7. The van der Waals surface area contributed by atoms with Crippen LogP contribution in [0.5, 0.6) is 5.75 Å². The summed E-state index contributed by atoms with van der Waals surface area (Å²) in [5, 5.41) is 10.9. The average Bonchev–Trinajstić information content (AvgIpc) is 3.43. The number of nitrogens with one attached hydrogen (secondary N) is 1. The third-order valence-corrected chi connectivity index (χ3v) is 4.55. The number of halogens is 4. The lowest BCUT2D eigenvalue weighted by molar-refractivity contribution is -0.137. The maximum absolute atomic E-state index is 13.0. The summed E-state index contributed by atoms with van der Waals surface area (Å²) in [7, 11) is 0. The Balaban J connectivity index is 1.33. The second-order valence-electron chi connectivity index (χ2n) is 7.05. The summed E-state index contributed by atoms with van der Waals surface area (Å²) in [5.74, 6) is -0.791. The van der Waals surface area contributed by atoms with E-state index in [1.165, 1.54) is 47.4 Å². The molecule has 2 aromatic heterocycles. The van der Waals surface area contributed by atoms with Gasteiger partial charge in [0.15, 0.2) is 12.4 Å². The van der Waals surface area contributed by atoms with Gasteiger partial charge in [-0.05, 0) is 42.0 Å². The molecule has 11 heteroatoms. The Kier molecular flexibility index (Phi) is 6.11. The van der Waals surface area contributed by atoms with Gasteiger partial charge in [0, 0.05) is 12.4 Å². The molecule has 2 heterocycles. The monoisotopic (exact) mass is 459 g/mol. The van der Waals surface area contributed by atoms with E-state index in [1.54, 1.807) is 23.0 Å². The van der Waals surface area contributed by atoms with Gasteiger partial charge in [-0.3, -0.25) is 9.48 Å². The highest BCUT2D eigenvalue weighted by molar-refractivity contribution is 6.02. The molecular weight excluding hydrogens is 442 g/mol. The van der Waals surface area contributed by atoms with Crippen molar-refractivity contribution in [1.82, 2.24) is 19.6 Å². The molecule has 0 atom stereocenters. The lowest BCUT2D eigenvalue weighted by Crippen LogP contribution is -2.14. The van der Waals surface area contributed by atoms with Crippen molar-refractivity contribution in [2.75, 3.05) is 5.32 Å². The number of alkyl halides is 3. The minimum Gasteiger partial charge on any atom is -0.471 e. The van der Waals surface area contributed by atoms with Gasteiger partial charge in [0.05, 0.1) is 24.0 Å². The normalized spacial score (nSPS) is 11.4. The number of hydrogen-bond acceptors (Lipinski definition) is 4. The molecule has 4 aromatic rings. The smallest absolute Gasteiger partial charge is 0.416 e. The van der Waals surface area contributed by atoms with Gasteiger partial charge in [-0.25, -0.2) is 9.07 Å². The second kappa shape index (κ2) is 9.15. The lowest BCUT2D eigenvalue weighted by atomic mass is 10.2. The van der Waals surface area contributed by atoms with Gasteiger partial charge in [0.1, 0.15) is 11.6 Å². The molecular formula is C22H17F4N5O2. The lowest BCUT2D eigenvalue weighted by Gasteiger charge is -2.10. The fourth-order valence-electron chi connectivity index (χ4n) is 2.94. The third kappa shape index (κ3) is 5.76. The van der Waals surface area contributed by atoms with Gasteiger partial charge in [0.25, 0.3) is 5.91 Å². The van der Waals surface area contributed by atoms with Crippen LogP contribution >= 0.6 is 0 Å². The van der Waals surface area contributed by atoms with Crippen molar-refractivity contribution >= 4 is 11.6 Å². The van der Waals surface area contributed by atoms with Crippen molar-refractivity contribution in [3.05, 3.63) is 95.8 Å². The van der Waals surface area contributed by atoms with E-state index in [-0.39, 0.29) is 24.0 Å². The summed E-state index contributed by atoms with van der Waals surface area (Å²) in [6, 6.07) is 11.9. The molecule has 1 amide bonds. The number of amides is 1. The molecule has 33 heavy (non-hydrogen) atoms. The number of nitrogens with zero attached hydrogens (tertiary/aromatic N) is 4. The highest BCUT2D eigenvalue weighted by atomic mass is 19.4. The molecule has 0 bridgehead atoms. The molecule has 1 N–H and O–H groups in total. The molecule has 0 aliphatic carbocycles. The summed E-state index contributed by atoms with van der Waals surface area (Å²) >= 11 is 0. The maximum Gasteiger partial charge on any atom is 0.416 e. The molecule has 0 aliphatic rings. The number of ether oxygens (including phenoxy) is 1. The Morgan fingerprint density at radius 1 is 1.06 bits per heavy atom. The van der Waals surface area contributed by atoms with E-state index in [4.69, 9.17) is 4.74 Å². The van der Waals surface area contributed by atoms with Crippen LogP contribution in [0.15, 0.2) is 73.2 Å². The first-order valence-electron chi connectivity index (χ1n) is 9.68. The van der Waals surface area contributed by atoms with Gasteiger partial charge < -0.3 is 10.1 Å². The fourth-order valence-corrected chi connectivity index (χ4v) is 2.94. The molecule has 0 unspecified atom stereocenters. The Morgan fingerprint density at radius 3 is 2.61 bits per heavy atom. The van der Waals surface area contributed by atoms with Crippen LogP contribution in [0.4, 0.5) is 23.2 Å². The van der Waals surface area contributed by atoms with Crippen LogP contribution in [0.1, 0.15) is 21.6 Å². The van der Waals surface area contributed by atoms with E-state index in [0.717, 1.165) is 17.7 Å². The van der Waals surface area contributed by atoms with E-state index in [0.29, 0.717) is 12.2 Å². The number of anilines is 1. The van der Waals surface area contributed by atoms with Crippen LogP contribution < -0.4 is 10.1 Å². The van der Waals surface area contributed by atoms with Gasteiger partial charge >= 0.3 is 6.18 Å². The predicted molar refractivity (Wildman–Crippen MR) is 110 cm³/mol. The van der Waals surface area contributed by atoms with Crippen LogP contribution in [0.3, 0.4) is 0 Å². The molecule has 0 spiro atoms. The molecule has 0 saturated carbocycles. The number of carbonyl (C=O) groups excluding carboxylic acids is 1. The Morgan fingerprint density at radius 2 is 1.85 bits per heavy atom. The highest BCUT2D eigenvalue weighted by Crippen LogP contribution is 2.31. The van der Waals surface area contributed by atoms with Crippen molar-refractivity contribution in [1.29, 1.82) is 0 Å². The number of carbonyl (C=O) groups is 1. The van der Waals surface area contributed by atoms with Crippen LogP contribution in [0, 0.1) is 5.82 Å². The van der Waals surface area contributed by atoms with Crippen molar-refractivity contribution in [3.8, 4) is 5.75 Å². The molecule has 4 rings (SSSR count). The fraction of sp³-hybridized carbons (Fsp3) is 0.136. The van der Waals surface area contributed by atoms with Gasteiger partial charge in [-0.1, -0.05) is 18.2 Å². The van der Waals surface area contributed by atoms with E-state index >= 15 is 0 Å². The number of benzene rings is 2. The third-order valence-electron chi connectivity index (χ3n) is 4.55. The second-order valence-corrected chi connectivity index (χ2v) is 7.05. The zero-order chi connectivity index (χ0) is 23.4. The van der Waals surface area contributed by atoms with Gasteiger partial charge in [0.2, 0.25) is 0 Å². The molecule has 2 aromatic carbocycles. The van der Waals surface area contributed by atoms with Crippen LogP contribution in [-0.4, -0.2) is 25.5 Å². The topological polar surface area (TPSA) is 74.0 Å². The van der Waals surface area contributed by atoms with Crippen molar-refractivity contribution in [2.45, 2.75) is 19.5 Å². The van der Waals surface area contributed by atoms with Crippen LogP contribution in [0.2, 0.25) is 0 Å². The van der Waals surface area contributed by atoms with Gasteiger partial charge in [-0.15, -0.1) is 0 Å². The van der Waals surface area contributed by atoms with Crippen molar-refractivity contribution in [2.24, 2.45) is 0 Å². The Hall–Kier alpha value is -4.15. The highest BCUT2D eigenvalue weighted by Gasteiger charge is 2.30. The van der Waals surface area contributed by atoms with E-state index < -0.39 is 17.6 Å². The summed E-state index contributed by atoms with van der Waals surface area (Å²) in [6.07, 6.45) is 0.0911. The minimum atomic E-state index is -4.47. The summed E-state index contributed by atoms with van der Waals surface area (Å²) < 4.78 is 59.6. The molecule has 170 valence electrons. The summed E-state index contributed by atoms with van der Waals surface area (Å²) in [6.45, 7) is 0.224. The minimum absolute atomic E-state index is 0.0277. The molecule has 0 fully saturated rings. The molecule has 0 radical (unpaired) electrons. The van der Waals surface area contributed by atoms with Crippen molar-refractivity contribution < 1.29 is 27.1 Å². The van der Waals surface area contributed by atoms with Crippen LogP contribution in [0.25, 0.3) is 0 Å². The first-order chi connectivity index (χ1) is 15.8. The summed E-state index contributed by atoms with van der Waals surface area (Å²) in [5.41, 5.74) is 0.559. The van der Waals surface area contributed by atoms with Crippen molar-refractivity contribution in [3.63, 3.8) is 0 Å². The Labute approximate surface area is 185 Å². The number of aromatic nitrogens is 4. The number of hydrogen-bond donors (Lipinski definition) is 1. The first kappa shape index (κ1) is 22.1. The van der Waals surface area contributed by atoms with E-state index in [2.05, 4.69) is 15.5 Å². The first-order valence-corrected chi connectivity index (χ1v) is 9.68. The largest absolute Gasteiger partial charge is 0.471 e. The average molecular weight is 459 g/mol. The van der Waals surface area contributed by atoms with Gasteiger partial charge in [-0.2, -0.15) is 23.4 Å². The summed E-state index contributed by atoms with van der Waals surface area (Å²) in [4.78, 5) is 12.4. The van der Waals surface area contributed by atoms with E-state index in [1.807, 2.05) is 0 Å².